The first-order valence-corrected chi connectivity index (χ1v) is 7.13. The van der Waals surface area contributed by atoms with Gasteiger partial charge >= 0.3 is 12.0 Å². The average molecular weight is 270 g/mol. The Kier molecular flexibility index (Phi) is 5.63. The van der Waals surface area contributed by atoms with Gasteiger partial charge in [0.05, 0.1) is 5.92 Å². The largest absolute Gasteiger partial charge is 0.481 e. The van der Waals surface area contributed by atoms with Crippen molar-refractivity contribution in [2.75, 3.05) is 26.2 Å². The van der Waals surface area contributed by atoms with Gasteiger partial charge in [-0.15, -0.1) is 0 Å². The van der Waals surface area contributed by atoms with Crippen molar-refractivity contribution in [3.63, 3.8) is 0 Å². The van der Waals surface area contributed by atoms with Crippen LogP contribution < -0.4 is 0 Å². The van der Waals surface area contributed by atoms with Crippen molar-refractivity contribution in [3.8, 4) is 0 Å². The molecule has 1 N–H and O–H groups in total. The van der Waals surface area contributed by atoms with Crippen LogP contribution in [0.1, 0.15) is 34.1 Å². The summed E-state index contributed by atoms with van der Waals surface area (Å²) < 4.78 is 0. The lowest BCUT2D eigenvalue weighted by molar-refractivity contribution is -0.141. The molecular weight excluding hydrogens is 244 g/mol. The standard InChI is InChI=1S/C14H26N2O3/c1-5-15(8-11(4)13(17)18)14(19)16-7-6-12(9-16)10(2)3/h10-12H,5-9H2,1-4H3,(H,17,18). The lowest BCUT2D eigenvalue weighted by Crippen LogP contribution is -2.44. The van der Waals surface area contributed by atoms with Crippen LogP contribution in [-0.4, -0.2) is 53.1 Å². The van der Waals surface area contributed by atoms with Crippen LogP contribution in [0.5, 0.6) is 0 Å². The molecule has 0 aromatic carbocycles. The number of hydrogen-bond donors (Lipinski definition) is 1. The first kappa shape index (κ1) is 15.8. The molecule has 0 aromatic rings. The number of carbonyl (C=O) groups is 2. The predicted octanol–water partition coefficient (Wildman–Crippen LogP) is 2.13. The van der Waals surface area contributed by atoms with Gasteiger partial charge in [0.2, 0.25) is 0 Å². The van der Waals surface area contributed by atoms with E-state index in [-0.39, 0.29) is 12.6 Å². The van der Waals surface area contributed by atoms with E-state index in [4.69, 9.17) is 5.11 Å². The van der Waals surface area contributed by atoms with Crippen LogP contribution in [-0.2, 0) is 4.79 Å². The molecule has 1 rings (SSSR count). The van der Waals surface area contributed by atoms with Gasteiger partial charge in [-0.1, -0.05) is 20.8 Å². The number of hydrogen-bond acceptors (Lipinski definition) is 2. The molecule has 19 heavy (non-hydrogen) atoms. The first-order valence-electron chi connectivity index (χ1n) is 7.13. The Morgan fingerprint density at radius 2 is 2.00 bits per heavy atom. The highest BCUT2D eigenvalue weighted by Gasteiger charge is 2.31. The minimum absolute atomic E-state index is 0.0150. The van der Waals surface area contributed by atoms with E-state index in [1.807, 2.05) is 11.8 Å². The molecule has 2 unspecified atom stereocenters. The summed E-state index contributed by atoms with van der Waals surface area (Å²) in [5.41, 5.74) is 0. The Morgan fingerprint density at radius 3 is 2.42 bits per heavy atom. The summed E-state index contributed by atoms with van der Waals surface area (Å²) in [6, 6.07) is -0.0150. The molecule has 5 heteroatoms. The second-order valence-corrected chi connectivity index (χ2v) is 5.80. The van der Waals surface area contributed by atoms with Crippen molar-refractivity contribution in [1.29, 1.82) is 0 Å². The highest BCUT2D eigenvalue weighted by Crippen LogP contribution is 2.24. The molecule has 1 aliphatic rings. The van der Waals surface area contributed by atoms with Crippen molar-refractivity contribution >= 4 is 12.0 Å². The molecule has 0 bridgehead atoms. The van der Waals surface area contributed by atoms with Gasteiger partial charge in [0.25, 0.3) is 0 Å². The maximum Gasteiger partial charge on any atom is 0.320 e. The van der Waals surface area contributed by atoms with E-state index in [1.165, 1.54) is 0 Å². The lowest BCUT2D eigenvalue weighted by Gasteiger charge is -2.28. The SMILES string of the molecule is CCN(CC(C)C(=O)O)C(=O)N1CCC(C(C)C)C1. The highest BCUT2D eigenvalue weighted by atomic mass is 16.4. The fraction of sp³-hybridized carbons (Fsp3) is 0.857. The zero-order valence-electron chi connectivity index (χ0n) is 12.4. The zero-order chi connectivity index (χ0) is 14.6. The minimum Gasteiger partial charge on any atom is -0.481 e. The van der Waals surface area contributed by atoms with Gasteiger partial charge in [0.1, 0.15) is 0 Å². The molecule has 2 atom stereocenters. The predicted molar refractivity (Wildman–Crippen MR) is 74.0 cm³/mol. The van der Waals surface area contributed by atoms with Crippen LogP contribution in [0.2, 0.25) is 0 Å². The number of likely N-dealkylation sites (tertiary alicyclic amines) is 1. The number of rotatable bonds is 5. The second-order valence-electron chi connectivity index (χ2n) is 5.80. The number of amides is 2. The fourth-order valence-electron chi connectivity index (χ4n) is 2.46. The lowest BCUT2D eigenvalue weighted by atomic mass is 9.95. The van der Waals surface area contributed by atoms with Crippen LogP contribution in [0.3, 0.4) is 0 Å². The van der Waals surface area contributed by atoms with Crippen molar-refractivity contribution in [2.45, 2.75) is 34.1 Å². The van der Waals surface area contributed by atoms with Gasteiger partial charge in [0, 0.05) is 26.2 Å². The molecule has 0 radical (unpaired) electrons. The Morgan fingerprint density at radius 1 is 1.37 bits per heavy atom. The fourth-order valence-corrected chi connectivity index (χ4v) is 2.46. The highest BCUT2D eigenvalue weighted by molar-refractivity contribution is 5.76. The molecule has 1 fully saturated rings. The smallest absolute Gasteiger partial charge is 0.320 e. The third-order valence-corrected chi connectivity index (χ3v) is 4.01. The van der Waals surface area contributed by atoms with E-state index in [1.54, 1.807) is 11.8 Å². The van der Waals surface area contributed by atoms with Gasteiger partial charge in [-0.05, 0) is 25.2 Å². The summed E-state index contributed by atoms with van der Waals surface area (Å²) in [6.07, 6.45) is 1.05. The van der Waals surface area contributed by atoms with Gasteiger partial charge < -0.3 is 14.9 Å². The quantitative estimate of drug-likeness (QED) is 0.832. The van der Waals surface area contributed by atoms with E-state index in [0.29, 0.717) is 18.4 Å². The van der Waals surface area contributed by atoms with E-state index < -0.39 is 11.9 Å². The van der Waals surface area contributed by atoms with E-state index >= 15 is 0 Å². The zero-order valence-corrected chi connectivity index (χ0v) is 12.4. The molecule has 110 valence electrons. The molecule has 0 aromatic heterocycles. The molecule has 5 nitrogen and oxygen atoms in total. The molecular formula is C14H26N2O3. The van der Waals surface area contributed by atoms with Gasteiger partial charge in [-0.25, -0.2) is 4.79 Å². The van der Waals surface area contributed by atoms with Crippen LogP contribution in [0.4, 0.5) is 4.79 Å². The summed E-state index contributed by atoms with van der Waals surface area (Å²) in [5.74, 6) is -0.217. The third-order valence-electron chi connectivity index (χ3n) is 4.01. The van der Waals surface area contributed by atoms with Crippen molar-refractivity contribution in [1.82, 2.24) is 9.80 Å². The molecule has 2 amide bonds. The van der Waals surface area contributed by atoms with Crippen LogP contribution in [0.25, 0.3) is 0 Å². The van der Waals surface area contributed by atoms with Gasteiger partial charge in [0.15, 0.2) is 0 Å². The number of carbonyl (C=O) groups excluding carboxylic acids is 1. The number of urea groups is 1. The molecule has 0 saturated carbocycles. The normalized spacial score (nSPS) is 20.7. The summed E-state index contributed by atoms with van der Waals surface area (Å²) in [6.45, 7) is 10.3. The van der Waals surface area contributed by atoms with E-state index in [9.17, 15) is 9.59 Å². The van der Waals surface area contributed by atoms with E-state index in [0.717, 1.165) is 19.5 Å². The Hall–Kier alpha value is -1.26. The van der Waals surface area contributed by atoms with Crippen molar-refractivity contribution < 1.29 is 14.7 Å². The van der Waals surface area contributed by atoms with Crippen molar-refractivity contribution in [2.24, 2.45) is 17.8 Å². The average Bonchev–Trinajstić information content (AvgIpc) is 2.84. The number of aliphatic carboxylic acids is 1. The molecule has 1 saturated heterocycles. The Labute approximate surface area is 115 Å². The van der Waals surface area contributed by atoms with Crippen LogP contribution >= 0.6 is 0 Å². The van der Waals surface area contributed by atoms with Crippen LogP contribution in [0, 0.1) is 17.8 Å². The summed E-state index contributed by atoms with van der Waals surface area (Å²) in [4.78, 5) is 26.8. The minimum atomic E-state index is -0.854. The molecule has 0 spiro atoms. The second kappa shape index (κ2) is 6.78. The number of carboxylic acids is 1. The molecule has 1 heterocycles. The van der Waals surface area contributed by atoms with E-state index in [2.05, 4.69) is 13.8 Å². The van der Waals surface area contributed by atoms with Crippen molar-refractivity contribution in [3.05, 3.63) is 0 Å². The molecule has 1 aliphatic heterocycles. The topological polar surface area (TPSA) is 60.9 Å². The maximum absolute atomic E-state index is 12.4. The number of carboxylic acid groups (broad SMARTS) is 1. The summed E-state index contributed by atoms with van der Waals surface area (Å²) in [7, 11) is 0. The van der Waals surface area contributed by atoms with Crippen LogP contribution in [0.15, 0.2) is 0 Å². The van der Waals surface area contributed by atoms with Gasteiger partial charge in [-0.3, -0.25) is 4.79 Å². The first-order chi connectivity index (χ1) is 8.86. The Balaban J connectivity index is 2.57. The number of nitrogens with zero attached hydrogens (tertiary/aromatic N) is 2. The third kappa shape index (κ3) is 4.11. The monoisotopic (exact) mass is 270 g/mol. The van der Waals surface area contributed by atoms with Gasteiger partial charge in [-0.2, -0.15) is 0 Å². The maximum atomic E-state index is 12.4. The Bertz CT molecular complexity index is 331. The molecule has 0 aliphatic carbocycles. The summed E-state index contributed by atoms with van der Waals surface area (Å²) >= 11 is 0. The summed E-state index contributed by atoms with van der Waals surface area (Å²) in [5, 5.41) is 8.94.